The molecule has 0 saturated carbocycles. The van der Waals surface area contributed by atoms with Crippen molar-refractivity contribution in [2.75, 3.05) is 11.6 Å². The molecular weight excluding hydrogens is 141 g/mol. The summed E-state index contributed by atoms with van der Waals surface area (Å²) in [6, 6.07) is 0. The number of hydrogen-bond donors (Lipinski definition) is 0. The lowest BCUT2D eigenvalue weighted by Gasteiger charge is -1.89. The van der Waals surface area contributed by atoms with Crippen LogP contribution in [0.15, 0.2) is 0 Å². The Hall–Kier alpha value is 0.710. The Kier molecular flexibility index (Phi) is 8.39. The molecule has 44 valence electrons. The number of alkyl halides is 2. The first kappa shape index (κ1) is 8.71. The highest BCUT2D eigenvalue weighted by atomic mass is 35.5. The topological polar surface area (TPSA) is 0 Å². The maximum Gasteiger partial charge on any atom is 0.128 e. The molecule has 2 radical (unpaired) electrons. The van der Waals surface area contributed by atoms with Crippen LogP contribution in [0.2, 0.25) is 12.6 Å². The molecule has 0 saturated heterocycles. The van der Waals surface area contributed by atoms with Gasteiger partial charge in [0.1, 0.15) is 14.6 Å². The van der Waals surface area contributed by atoms with Gasteiger partial charge in [0.25, 0.3) is 0 Å². The van der Waals surface area contributed by atoms with E-state index in [4.69, 9.17) is 23.2 Å². The predicted molar refractivity (Wildman–Crippen MR) is 42.6 cm³/mol. The average Bonchev–Trinajstić information content (AvgIpc) is 1.81. The fraction of sp³-hybridized carbons (Fsp3) is 1.00. The van der Waals surface area contributed by atoms with Crippen LogP contribution in [0, 0.1) is 0 Å². The van der Waals surface area contributed by atoms with Crippen molar-refractivity contribution >= 4 is 37.8 Å². The molecule has 4 heteroatoms. The van der Waals surface area contributed by atoms with Crippen LogP contribution in [0.5, 0.6) is 0 Å². The molecule has 0 atom stereocenters. The van der Waals surface area contributed by atoms with E-state index in [9.17, 15) is 0 Å². The van der Waals surface area contributed by atoms with Gasteiger partial charge in [-0.2, -0.15) is 0 Å². The Morgan fingerprint density at radius 3 is 1.50 bits per heavy atom. The maximum atomic E-state index is 5.38. The molecular formula is C4H8B2Cl2. The van der Waals surface area contributed by atoms with Gasteiger partial charge in [-0.25, -0.2) is 0 Å². The minimum absolute atomic E-state index is 0.649. The molecule has 0 unspecified atom stereocenters. The summed E-state index contributed by atoms with van der Waals surface area (Å²) in [7, 11) is 4.06. The summed E-state index contributed by atoms with van der Waals surface area (Å²) in [5.41, 5.74) is 0. The first-order valence-corrected chi connectivity index (χ1v) is 3.74. The molecule has 0 heterocycles. The molecule has 0 N–H and O–H groups in total. The Balaban J connectivity index is 2.53. The van der Waals surface area contributed by atoms with Crippen molar-refractivity contribution < 1.29 is 0 Å². The lowest BCUT2D eigenvalue weighted by molar-refractivity contribution is 1.40. The first-order valence-electron chi connectivity index (χ1n) is 2.67. The molecule has 0 bridgehead atoms. The van der Waals surface area contributed by atoms with Gasteiger partial charge in [0.2, 0.25) is 0 Å². The van der Waals surface area contributed by atoms with Crippen LogP contribution < -0.4 is 0 Å². The summed E-state index contributed by atoms with van der Waals surface area (Å²) in [5, 5.41) is 0. The first-order chi connectivity index (χ1) is 3.91. The Morgan fingerprint density at radius 1 is 0.875 bits per heavy atom. The lowest BCUT2D eigenvalue weighted by atomic mass is 9.65. The lowest BCUT2D eigenvalue weighted by Crippen LogP contribution is -1.96. The van der Waals surface area contributed by atoms with E-state index in [0.717, 1.165) is 12.6 Å². The summed E-state index contributed by atoms with van der Waals surface area (Å²) < 4.78 is 0. The second kappa shape index (κ2) is 7.71. The molecule has 0 fully saturated rings. The van der Waals surface area contributed by atoms with Crippen molar-refractivity contribution in [3.05, 3.63) is 0 Å². The molecule has 0 aromatic carbocycles. The van der Waals surface area contributed by atoms with E-state index in [1.807, 2.05) is 14.6 Å². The summed E-state index contributed by atoms with van der Waals surface area (Å²) in [6.45, 7) is 0. The molecule has 0 nitrogen and oxygen atoms in total. The molecule has 8 heavy (non-hydrogen) atoms. The van der Waals surface area contributed by atoms with E-state index in [2.05, 4.69) is 0 Å². The highest BCUT2D eigenvalue weighted by Gasteiger charge is 1.89. The molecule has 0 aromatic rings. The third-order valence-electron chi connectivity index (χ3n) is 0.793. The zero-order valence-corrected chi connectivity index (χ0v) is 6.25. The average molecular weight is 149 g/mol. The van der Waals surface area contributed by atoms with Gasteiger partial charge in [0.05, 0.1) is 0 Å². The largest absolute Gasteiger partial charge is 0.136 e. The summed E-state index contributed by atoms with van der Waals surface area (Å²) >= 11 is 10.8. The van der Waals surface area contributed by atoms with Gasteiger partial charge in [-0.15, -0.1) is 23.2 Å². The van der Waals surface area contributed by atoms with E-state index in [0.29, 0.717) is 11.6 Å². The maximum absolute atomic E-state index is 5.38. The zero-order valence-electron chi connectivity index (χ0n) is 4.74. The Morgan fingerprint density at radius 2 is 1.25 bits per heavy atom. The van der Waals surface area contributed by atoms with Gasteiger partial charge in [0.15, 0.2) is 0 Å². The standard InChI is InChI=1S/C4H8B2Cl2/c7-3-5-1-2-6-4-8/h1-4H2. The monoisotopic (exact) mass is 148 g/mol. The molecule has 0 aromatic heterocycles. The molecule has 0 aliphatic rings. The number of rotatable bonds is 5. The third-order valence-corrected chi connectivity index (χ3v) is 1.23. The molecule has 0 amide bonds. The fourth-order valence-electron chi connectivity index (χ4n) is 0.390. The second-order valence-electron chi connectivity index (χ2n) is 1.46. The van der Waals surface area contributed by atoms with Gasteiger partial charge >= 0.3 is 0 Å². The molecule has 0 aliphatic carbocycles. The van der Waals surface area contributed by atoms with Crippen LogP contribution in [0.1, 0.15) is 0 Å². The number of halogens is 2. The minimum Gasteiger partial charge on any atom is -0.136 e. The molecule has 0 spiro atoms. The molecule has 0 aliphatic heterocycles. The zero-order chi connectivity index (χ0) is 6.24. The van der Waals surface area contributed by atoms with Gasteiger partial charge in [-0.05, 0) is 11.6 Å². The smallest absolute Gasteiger partial charge is 0.128 e. The van der Waals surface area contributed by atoms with E-state index in [1.165, 1.54) is 0 Å². The quantitative estimate of drug-likeness (QED) is 0.316. The highest BCUT2D eigenvalue weighted by Crippen LogP contribution is 1.90. The van der Waals surface area contributed by atoms with Crippen LogP contribution in [-0.2, 0) is 0 Å². The summed E-state index contributed by atoms with van der Waals surface area (Å²) in [4.78, 5) is 0. The normalized spacial score (nSPS) is 8.75. The van der Waals surface area contributed by atoms with Crippen molar-refractivity contribution in [2.45, 2.75) is 12.6 Å². The van der Waals surface area contributed by atoms with E-state index in [1.54, 1.807) is 0 Å². The van der Waals surface area contributed by atoms with Crippen LogP contribution in [0.4, 0.5) is 0 Å². The van der Waals surface area contributed by atoms with Crippen LogP contribution in [0.3, 0.4) is 0 Å². The summed E-state index contributed by atoms with van der Waals surface area (Å²) in [6.07, 6.45) is 2.10. The van der Waals surface area contributed by atoms with E-state index in [-0.39, 0.29) is 0 Å². The molecule has 0 rings (SSSR count). The predicted octanol–water partition coefficient (Wildman–Crippen LogP) is 1.62. The SMILES string of the molecule is ClC[B]CC[B]CCl. The summed E-state index contributed by atoms with van der Waals surface area (Å²) in [5.74, 6) is 1.30. The van der Waals surface area contributed by atoms with E-state index < -0.39 is 0 Å². The highest BCUT2D eigenvalue weighted by molar-refractivity contribution is 6.54. The van der Waals surface area contributed by atoms with Gasteiger partial charge < -0.3 is 0 Å². The van der Waals surface area contributed by atoms with Gasteiger partial charge in [0, 0.05) is 0 Å². The van der Waals surface area contributed by atoms with Crippen molar-refractivity contribution in [1.29, 1.82) is 0 Å². The van der Waals surface area contributed by atoms with Crippen molar-refractivity contribution in [1.82, 2.24) is 0 Å². The Bertz CT molecular complexity index is 37.0. The Labute approximate surface area is 62.4 Å². The van der Waals surface area contributed by atoms with Crippen molar-refractivity contribution in [2.24, 2.45) is 0 Å². The van der Waals surface area contributed by atoms with Crippen molar-refractivity contribution in [3.8, 4) is 0 Å². The van der Waals surface area contributed by atoms with E-state index >= 15 is 0 Å². The number of hydrogen-bond acceptors (Lipinski definition) is 0. The second-order valence-corrected chi connectivity index (χ2v) is 2.08. The van der Waals surface area contributed by atoms with Gasteiger partial charge in [-0.3, -0.25) is 0 Å². The van der Waals surface area contributed by atoms with Crippen LogP contribution in [0.25, 0.3) is 0 Å². The van der Waals surface area contributed by atoms with Crippen molar-refractivity contribution in [3.63, 3.8) is 0 Å². The van der Waals surface area contributed by atoms with Gasteiger partial charge in [-0.1, -0.05) is 12.6 Å². The fourth-order valence-corrected chi connectivity index (χ4v) is 0.699. The third kappa shape index (κ3) is 6.71. The minimum atomic E-state index is 0.649. The van der Waals surface area contributed by atoms with Crippen LogP contribution >= 0.6 is 23.2 Å². The van der Waals surface area contributed by atoms with Crippen LogP contribution in [-0.4, -0.2) is 26.1 Å².